The monoisotopic (exact) mass is 567 g/mol. The largest absolute Gasteiger partial charge is 0.384 e. The first kappa shape index (κ1) is 26.9. The summed E-state index contributed by atoms with van der Waals surface area (Å²) in [4.78, 5) is 29.2. The quantitative estimate of drug-likeness (QED) is 0.251. The highest BCUT2D eigenvalue weighted by molar-refractivity contribution is 6.31. The minimum atomic E-state index is -0.591. The molecule has 2 N–H and O–H groups in total. The molecule has 6 aliphatic rings. The molecule has 7 nitrogen and oxygen atoms in total. The van der Waals surface area contributed by atoms with Gasteiger partial charge >= 0.3 is 0 Å². The summed E-state index contributed by atoms with van der Waals surface area (Å²) < 4.78 is 6.81. The number of ether oxygens (including phenoxy) is 1. The maximum Gasteiger partial charge on any atom is 0.220 e. The number of pyridine rings is 1. The van der Waals surface area contributed by atoms with E-state index in [1.807, 2.05) is 30.5 Å². The summed E-state index contributed by atoms with van der Waals surface area (Å²) in [7, 11) is 0. The molecule has 4 bridgehead atoms. The molecular weight excluding hydrogens is 526 g/mol. The molecule has 2 spiro atoms. The number of amides is 1. The van der Waals surface area contributed by atoms with E-state index < -0.39 is 11.6 Å². The van der Waals surface area contributed by atoms with E-state index >= 15 is 0 Å². The standard InChI is InChI=1S/C32H42ClN3O4/c33-26-4-5-27-28(8-13-35-29(27)20-26)34-11-2-1-3-12-36-30(37)19-21-6-9-31(10-7-21)38-32(40-39-31)24-15-22-14-23(17-24)18-25(32)16-22/h4-5,8,13,20-25H,1-3,6-7,9-12,14-19H2,(H,34,35)(H,36,37). The molecule has 1 aliphatic heterocycles. The van der Waals surface area contributed by atoms with Crippen molar-refractivity contribution < 1.29 is 19.3 Å². The van der Waals surface area contributed by atoms with Crippen LogP contribution in [0.25, 0.3) is 10.9 Å². The lowest BCUT2D eigenvalue weighted by Crippen LogP contribution is -2.59. The topological polar surface area (TPSA) is 81.7 Å². The van der Waals surface area contributed by atoms with Crippen LogP contribution in [0.15, 0.2) is 30.5 Å². The van der Waals surface area contributed by atoms with Crippen molar-refractivity contribution in [2.24, 2.45) is 29.6 Å². The summed E-state index contributed by atoms with van der Waals surface area (Å²) in [5.41, 5.74) is 1.98. The van der Waals surface area contributed by atoms with Gasteiger partial charge in [-0.15, -0.1) is 0 Å². The molecule has 8 heteroatoms. The van der Waals surface area contributed by atoms with Crippen molar-refractivity contribution in [3.8, 4) is 0 Å². The molecule has 8 rings (SSSR count). The van der Waals surface area contributed by atoms with E-state index in [-0.39, 0.29) is 5.91 Å². The average molecular weight is 568 g/mol. The summed E-state index contributed by atoms with van der Waals surface area (Å²) in [6.07, 6.45) is 15.4. The van der Waals surface area contributed by atoms with Gasteiger partial charge < -0.3 is 15.4 Å². The van der Waals surface area contributed by atoms with Gasteiger partial charge in [-0.1, -0.05) is 11.6 Å². The number of anilines is 1. The number of hydrogen-bond donors (Lipinski definition) is 2. The smallest absolute Gasteiger partial charge is 0.220 e. The molecule has 2 aromatic rings. The van der Waals surface area contributed by atoms with Crippen molar-refractivity contribution in [2.45, 2.75) is 95.0 Å². The number of aromatic nitrogens is 1. The van der Waals surface area contributed by atoms with Gasteiger partial charge in [-0.25, -0.2) is 0 Å². The highest BCUT2D eigenvalue weighted by Gasteiger charge is 2.66. The Kier molecular flexibility index (Phi) is 7.44. The van der Waals surface area contributed by atoms with Gasteiger partial charge in [0, 0.05) is 66.5 Å². The fourth-order valence-corrected chi connectivity index (χ4v) is 8.77. The van der Waals surface area contributed by atoms with Crippen LogP contribution in [0.3, 0.4) is 0 Å². The Morgan fingerprint density at radius 2 is 1.70 bits per heavy atom. The van der Waals surface area contributed by atoms with Gasteiger partial charge in [-0.05, 0) is 106 Å². The van der Waals surface area contributed by atoms with Gasteiger partial charge in [0.05, 0.1) is 5.52 Å². The van der Waals surface area contributed by atoms with Crippen molar-refractivity contribution in [3.63, 3.8) is 0 Å². The Bertz CT molecular complexity index is 1200. The summed E-state index contributed by atoms with van der Waals surface area (Å²) in [6, 6.07) is 7.80. The van der Waals surface area contributed by atoms with Gasteiger partial charge in [0.25, 0.3) is 0 Å². The number of nitrogens with one attached hydrogen (secondary N) is 2. The maximum atomic E-state index is 12.6. The van der Waals surface area contributed by atoms with Crippen molar-refractivity contribution >= 4 is 34.1 Å². The second-order valence-corrected chi connectivity index (χ2v) is 13.6. The lowest BCUT2D eigenvalue weighted by Gasteiger charge is -2.57. The number of hydrogen-bond acceptors (Lipinski definition) is 6. The molecule has 5 aliphatic carbocycles. The number of fused-ring (bicyclic) bond motifs is 1. The van der Waals surface area contributed by atoms with Gasteiger partial charge in [-0.3, -0.25) is 9.78 Å². The highest BCUT2D eigenvalue weighted by Crippen LogP contribution is 2.63. The molecule has 2 heterocycles. The third kappa shape index (κ3) is 5.23. The Morgan fingerprint density at radius 3 is 2.48 bits per heavy atom. The molecule has 0 unspecified atom stereocenters. The number of halogens is 1. The zero-order valence-electron chi connectivity index (χ0n) is 23.3. The van der Waals surface area contributed by atoms with E-state index in [4.69, 9.17) is 26.1 Å². The van der Waals surface area contributed by atoms with Gasteiger partial charge in [-0.2, -0.15) is 9.78 Å². The van der Waals surface area contributed by atoms with E-state index in [0.29, 0.717) is 29.2 Å². The van der Waals surface area contributed by atoms with Crippen molar-refractivity contribution in [3.05, 3.63) is 35.5 Å². The number of rotatable bonds is 9. The van der Waals surface area contributed by atoms with E-state index in [1.54, 1.807) is 0 Å². The number of nitrogens with zero attached hydrogens (tertiary/aromatic N) is 1. The highest BCUT2D eigenvalue weighted by atomic mass is 35.5. The minimum Gasteiger partial charge on any atom is -0.384 e. The summed E-state index contributed by atoms with van der Waals surface area (Å²) in [5.74, 6) is 2.21. The second kappa shape index (κ2) is 11.0. The molecule has 1 aromatic carbocycles. The minimum absolute atomic E-state index is 0.169. The first-order valence-corrected chi connectivity index (χ1v) is 16.0. The first-order valence-electron chi connectivity index (χ1n) is 15.6. The SMILES string of the molecule is O=C(CC1CCC2(CC1)OOC1(O2)C2CC3CC(C2)CC1C3)NCCCCCNc1ccnc2cc(Cl)ccc12. The van der Waals surface area contributed by atoms with Crippen LogP contribution in [0, 0.1) is 29.6 Å². The van der Waals surface area contributed by atoms with E-state index in [2.05, 4.69) is 15.6 Å². The van der Waals surface area contributed by atoms with E-state index in [1.165, 1.54) is 32.1 Å². The van der Waals surface area contributed by atoms with Crippen molar-refractivity contribution in [1.29, 1.82) is 0 Å². The fraction of sp³-hybridized carbons (Fsp3) is 0.688. The number of benzene rings is 1. The Balaban J connectivity index is 0.790. The number of carbonyl (C=O) groups is 1. The van der Waals surface area contributed by atoms with Gasteiger partial charge in [0.2, 0.25) is 17.5 Å². The summed E-state index contributed by atoms with van der Waals surface area (Å²) in [5, 5.41) is 8.44. The van der Waals surface area contributed by atoms with Crippen LogP contribution in [0.2, 0.25) is 5.02 Å². The average Bonchev–Trinajstić information content (AvgIpc) is 3.32. The van der Waals surface area contributed by atoms with Gasteiger partial charge in [0.15, 0.2) is 0 Å². The van der Waals surface area contributed by atoms with Crippen LogP contribution in [0.5, 0.6) is 0 Å². The van der Waals surface area contributed by atoms with Crippen LogP contribution >= 0.6 is 11.6 Å². The first-order chi connectivity index (χ1) is 19.5. The molecule has 1 saturated heterocycles. The lowest BCUT2D eigenvalue weighted by atomic mass is 9.53. The van der Waals surface area contributed by atoms with Gasteiger partial charge in [0.1, 0.15) is 0 Å². The van der Waals surface area contributed by atoms with Crippen LogP contribution in [0.1, 0.15) is 83.5 Å². The summed E-state index contributed by atoms with van der Waals surface area (Å²) in [6.45, 7) is 1.62. The molecule has 40 heavy (non-hydrogen) atoms. The van der Waals surface area contributed by atoms with Crippen LogP contribution < -0.4 is 10.6 Å². The molecule has 216 valence electrons. The predicted octanol–water partition coefficient (Wildman–Crippen LogP) is 6.99. The molecule has 6 fully saturated rings. The second-order valence-electron chi connectivity index (χ2n) is 13.2. The maximum absolute atomic E-state index is 12.6. The van der Waals surface area contributed by atoms with E-state index in [9.17, 15) is 4.79 Å². The van der Waals surface area contributed by atoms with E-state index in [0.717, 1.165) is 86.5 Å². The number of carbonyl (C=O) groups excluding carboxylic acids is 1. The predicted molar refractivity (Wildman–Crippen MR) is 154 cm³/mol. The van der Waals surface area contributed by atoms with Crippen molar-refractivity contribution in [2.75, 3.05) is 18.4 Å². The number of unbranched alkanes of at least 4 members (excludes halogenated alkanes) is 2. The normalized spacial score (nSPS) is 36.1. The molecule has 5 saturated carbocycles. The van der Waals surface area contributed by atoms with Crippen molar-refractivity contribution in [1.82, 2.24) is 10.3 Å². The molecule has 1 aromatic heterocycles. The van der Waals surface area contributed by atoms with Crippen LogP contribution in [0.4, 0.5) is 5.69 Å². The van der Waals surface area contributed by atoms with Crippen LogP contribution in [-0.2, 0) is 19.3 Å². The fourth-order valence-electron chi connectivity index (χ4n) is 8.60. The third-order valence-corrected chi connectivity index (χ3v) is 10.7. The van der Waals surface area contributed by atoms with Crippen LogP contribution in [-0.4, -0.2) is 35.6 Å². The Hall–Kier alpha value is -1.93. The third-order valence-electron chi connectivity index (χ3n) is 10.5. The Morgan fingerprint density at radius 1 is 0.950 bits per heavy atom. The molecule has 0 atom stereocenters. The zero-order valence-corrected chi connectivity index (χ0v) is 24.1. The molecular formula is C32H42ClN3O4. The zero-order chi connectivity index (χ0) is 27.2. The summed E-state index contributed by atoms with van der Waals surface area (Å²) >= 11 is 6.09. The lowest BCUT2D eigenvalue weighted by molar-refractivity contribution is -0.390. The molecule has 1 amide bonds. The Labute approximate surface area is 242 Å². The molecule has 0 radical (unpaired) electrons.